The van der Waals surface area contributed by atoms with Gasteiger partial charge in [-0.1, -0.05) is 5.11 Å². The van der Waals surface area contributed by atoms with Crippen LogP contribution in [0.1, 0.15) is 23.2 Å². The first-order valence-electron chi connectivity index (χ1n) is 5.46. The Morgan fingerprint density at radius 2 is 2.00 bits per heavy atom. The van der Waals surface area contributed by atoms with Crippen LogP contribution in [0.25, 0.3) is 10.4 Å². The summed E-state index contributed by atoms with van der Waals surface area (Å²) in [5, 5.41) is 3.40. The summed E-state index contributed by atoms with van der Waals surface area (Å²) in [5.74, 6) is 0.0865. The average molecular weight is 232 g/mol. The van der Waals surface area contributed by atoms with Crippen LogP contribution in [-0.2, 0) is 0 Å². The lowest BCUT2D eigenvalue weighted by Crippen LogP contribution is -2.08. The van der Waals surface area contributed by atoms with E-state index in [1.54, 1.807) is 0 Å². The molecule has 0 atom stereocenters. The molecule has 0 amide bonds. The molecule has 0 aliphatic carbocycles. The van der Waals surface area contributed by atoms with Crippen LogP contribution in [0.2, 0.25) is 0 Å². The summed E-state index contributed by atoms with van der Waals surface area (Å²) >= 11 is 0. The van der Waals surface area contributed by atoms with E-state index >= 15 is 0 Å². The van der Waals surface area contributed by atoms with Crippen molar-refractivity contribution in [2.24, 2.45) is 5.11 Å². The van der Waals surface area contributed by atoms with E-state index in [4.69, 9.17) is 5.53 Å². The van der Waals surface area contributed by atoms with Gasteiger partial charge in [-0.15, -0.1) is 0 Å². The molecular formula is C12H16N4O. The van der Waals surface area contributed by atoms with Gasteiger partial charge in [-0.25, -0.2) is 0 Å². The Morgan fingerprint density at radius 1 is 1.35 bits per heavy atom. The first-order valence-corrected chi connectivity index (χ1v) is 5.46. The summed E-state index contributed by atoms with van der Waals surface area (Å²) in [6.07, 6.45) is 1.01. The van der Waals surface area contributed by atoms with Crippen molar-refractivity contribution in [3.63, 3.8) is 0 Å². The molecule has 5 nitrogen and oxygen atoms in total. The van der Waals surface area contributed by atoms with Crippen LogP contribution in [0.3, 0.4) is 0 Å². The second-order valence-corrected chi connectivity index (χ2v) is 3.92. The summed E-state index contributed by atoms with van der Waals surface area (Å²) in [7, 11) is 3.91. The number of nitrogens with zero attached hydrogens (tertiary/aromatic N) is 4. The lowest BCUT2D eigenvalue weighted by Gasteiger charge is -2.12. The van der Waals surface area contributed by atoms with Crippen molar-refractivity contribution in [3.05, 3.63) is 40.3 Å². The number of benzene rings is 1. The van der Waals surface area contributed by atoms with Crippen LogP contribution >= 0.6 is 0 Å². The van der Waals surface area contributed by atoms with Gasteiger partial charge in [0.05, 0.1) is 0 Å². The average Bonchev–Trinajstić information content (AvgIpc) is 2.34. The number of carbonyl (C=O) groups is 1. The molecule has 0 saturated carbocycles. The predicted octanol–water partition coefficient (Wildman–Crippen LogP) is 3.03. The predicted molar refractivity (Wildman–Crippen MR) is 68.3 cm³/mol. The highest BCUT2D eigenvalue weighted by Crippen LogP contribution is 2.14. The molecule has 0 spiro atoms. The van der Waals surface area contributed by atoms with Gasteiger partial charge in [-0.2, -0.15) is 0 Å². The van der Waals surface area contributed by atoms with Gasteiger partial charge in [-0.05, 0) is 36.2 Å². The van der Waals surface area contributed by atoms with Gasteiger partial charge in [0.15, 0.2) is 5.78 Å². The summed E-state index contributed by atoms with van der Waals surface area (Å²) in [4.78, 5) is 16.4. The molecule has 1 aromatic carbocycles. The van der Waals surface area contributed by atoms with Gasteiger partial charge in [0.2, 0.25) is 0 Å². The van der Waals surface area contributed by atoms with Crippen molar-refractivity contribution in [2.45, 2.75) is 12.8 Å². The van der Waals surface area contributed by atoms with E-state index in [0.717, 1.165) is 5.69 Å². The maximum absolute atomic E-state index is 11.7. The molecule has 0 aromatic heterocycles. The number of carbonyl (C=O) groups excluding carboxylic acids is 1. The quantitative estimate of drug-likeness (QED) is 0.249. The Labute approximate surface area is 101 Å². The molecule has 0 aliphatic rings. The molecule has 1 rings (SSSR count). The minimum absolute atomic E-state index is 0.0865. The molecule has 0 heterocycles. The highest BCUT2D eigenvalue weighted by molar-refractivity contribution is 5.96. The maximum Gasteiger partial charge on any atom is 0.162 e. The summed E-state index contributed by atoms with van der Waals surface area (Å²) in [6.45, 7) is 0.373. The fraction of sp³-hybridized carbons (Fsp3) is 0.417. The first-order chi connectivity index (χ1) is 8.15. The van der Waals surface area contributed by atoms with Crippen LogP contribution in [0.5, 0.6) is 0 Å². The Hall–Kier alpha value is -2.00. The maximum atomic E-state index is 11.7. The molecule has 0 aliphatic heterocycles. The largest absolute Gasteiger partial charge is 0.378 e. The van der Waals surface area contributed by atoms with Crippen molar-refractivity contribution < 1.29 is 4.79 Å². The Morgan fingerprint density at radius 3 is 2.53 bits per heavy atom. The van der Waals surface area contributed by atoms with Crippen molar-refractivity contribution >= 4 is 11.5 Å². The van der Waals surface area contributed by atoms with Crippen molar-refractivity contribution in [2.75, 3.05) is 25.5 Å². The van der Waals surface area contributed by atoms with Gasteiger partial charge >= 0.3 is 0 Å². The fourth-order valence-electron chi connectivity index (χ4n) is 1.44. The van der Waals surface area contributed by atoms with E-state index in [9.17, 15) is 4.79 Å². The van der Waals surface area contributed by atoms with Gasteiger partial charge in [0.25, 0.3) is 0 Å². The second kappa shape index (κ2) is 6.55. The third-order valence-corrected chi connectivity index (χ3v) is 2.43. The van der Waals surface area contributed by atoms with Crippen molar-refractivity contribution in [1.82, 2.24) is 0 Å². The van der Waals surface area contributed by atoms with Gasteiger partial charge < -0.3 is 4.90 Å². The van der Waals surface area contributed by atoms with Gasteiger partial charge in [0, 0.05) is 43.2 Å². The number of rotatable bonds is 6. The molecule has 0 saturated heterocycles. The van der Waals surface area contributed by atoms with E-state index in [1.165, 1.54) is 0 Å². The zero-order chi connectivity index (χ0) is 12.7. The van der Waals surface area contributed by atoms with Crippen LogP contribution in [0.4, 0.5) is 5.69 Å². The standard InChI is InChI=1S/C12H16N4O/c1-16(2)11-7-5-10(6-8-11)12(17)4-3-9-14-15-13/h5-8H,3-4,9H2,1-2H3. The second-order valence-electron chi connectivity index (χ2n) is 3.92. The Balaban J connectivity index is 2.54. The lowest BCUT2D eigenvalue weighted by atomic mass is 10.1. The number of ketones is 1. The Kier molecular flexibility index (Phi) is 5.04. The van der Waals surface area contributed by atoms with E-state index in [0.29, 0.717) is 24.9 Å². The van der Waals surface area contributed by atoms with Gasteiger partial charge in [-0.3, -0.25) is 4.79 Å². The van der Waals surface area contributed by atoms with E-state index in [1.807, 2.05) is 43.3 Å². The smallest absolute Gasteiger partial charge is 0.162 e. The highest BCUT2D eigenvalue weighted by Gasteiger charge is 2.05. The highest BCUT2D eigenvalue weighted by atomic mass is 16.1. The minimum Gasteiger partial charge on any atom is -0.378 e. The fourth-order valence-corrected chi connectivity index (χ4v) is 1.44. The molecular weight excluding hydrogens is 216 g/mol. The van der Waals surface area contributed by atoms with Crippen LogP contribution in [-0.4, -0.2) is 26.4 Å². The van der Waals surface area contributed by atoms with Crippen molar-refractivity contribution in [3.8, 4) is 0 Å². The summed E-state index contributed by atoms with van der Waals surface area (Å²) in [6, 6.07) is 7.48. The van der Waals surface area contributed by atoms with Crippen molar-refractivity contribution in [1.29, 1.82) is 0 Å². The van der Waals surface area contributed by atoms with E-state index < -0.39 is 0 Å². The molecule has 0 N–H and O–H groups in total. The zero-order valence-corrected chi connectivity index (χ0v) is 10.1. The SMILES string of the molecule is CN(C)c1ccc(C(=O)CCCN=[N+]=[N-])cc1. The molecule has 17 heavy (non-hydrogen) atoms. The molecule has 1 aromatic rings. The number of hydrogen-bond acceptors (Lipinski definition) is 3. The molecule has 5 heteroatoms. The lowest BCUT2D eigenvalue weighted by molar-refractivity contribution is 0.0981. The topological polar surface area (TPSA) is 69.1 Å². The monoisotopic (exact) mass is 232 g/mol. The molecule has 90 valence electrons. The molecule has 0 radical (unpaired) electrons. The molecule has 0 bridgehead atoms. The number of azide groups is 1. The number of Topliss-reactive ketones (excluding diaryl/α,β-unsaturated/α-hetero) is 1. The number of anilines is 1. The number of hydrogen-bond donors (Lipinski definition) is 0. The zero-order valence-electron chi connectivity index (χ0n) is 10.1. The molecule has 0 fully saturated rings. The Bertz CT molecular complexity index is 419. The third kappa shape index (κ3) is 4.17. The first kappa shape index (κ1) is 13.1. The molecule has 0 unspecified atom stereocenters. The van der Waals surface area contributed by atoms with Crippen LogP contribution in [0.15, 0.2) is 29.4 Å². The summed E-state index contributed by atoms with van der Waals surface area (Å²) < 4.78 is 0. The van der Waals surface area contributed by atoms with Crippen LogP contribution in [0, 0.1) is 0 Å². The van der Waals surface area contributed by atoms with Gasteiger partial charge in [0.1, 0.15) is 0 Å². The minimum atomic E-state index is 0.0865. The van der Waals surface area contributed by atoms with E-state index in [2.05, 4.69) is 10.0 Å². The third-order valence-electron chi connectivity index (χ3n) is 2.43. The van der Waals surface area contributed by atoms with E-state index in [-0.39, 0.29) is 5.78 Å². The summed E-state index contributed by atoms with van der Waals surface area (Å²) in [5.41, 5.74) is 9.87. The normalized spacial score (nSPS) is 9.53. The van der Waals surface area contributed by atoms with Crippen LogP contribution < -0.4 is 4.90 Å².